The first kappa shape index (κ1) is 15.0. The summed E-state index contributed by atoms with van der Waals surface area (Å²) in [6.07, 6.45) is -1.78. The van der Waals surface area contributed by atoms with E-state index in [-0.39, 0.29) is 6.61 Å². The number of likely N-dealkylation sites (N-methyl/N-ethyl adjacent to an activating group) is 1. The van der Waals surface area contributed by atoms with Crippen LogP contribution >= 0.6 is 7.82 Å². The topological polar surface area (TPSA) is 96.2 Å². The Morgan fingerprint density at radius 3 is 2.20 bits per heavy atom. The summed E-state index contributed by atoms with van der Waals surface area (Å²) in [4.78, 5) is 9.04. The average molecular weight is 244 g/mol. The van der Waals surface area contributed by atoms with Crippen molar-refractivity contribution >= 4 is 7.82 Å². The van der Waals surface area contributed by atoms with Crippen molar-refractivity contribution in [1.29, 1.82) is 0 Å². The molecule has 1 unspecified atom stereocenters. The molecule has 0 aliphatic heterocycles. The molecule has 0 fully saturated rings. The maximum absolute atomic E-state index is 11.1. The van der Waals surface area contributed by atoms with Gasteiger partial charge in [-0.15, -0.1) is 0 Å². The van der Waals surface area contributed by atoms with Crippen molar-refractivity contribution in [2.24, 2.45) is 0 Å². The van der Waals surface area contributed by atoms with Crippen LogP contribution in [0.4, 0.5) is 0 Å². The molecule has 3 N–H and O–H groups in total. The van der Waals surface area contributed by atoms with Gasteiger partial charge in [-0.25, -0.2) is 4.57 Å². The summed E-state index contributed by atoms with van der Waals surface area (Å²) >= 11 is 0. The lowest BCUT2D eigenvalue weighted by Crippen LogP contribution is -2.37. The van der Waals surface area contributed by atoms with Gasteiger partial charge in [-0.3, -0.25) is 9.05 Å². The largest absolute Gasteiger partial charge is 0.472 e. The molecule has 0 rings (SSSR count). The quantitative estimate of drug-likeness (QED) is 0.306. The average Bonchev–Trinajstić information content (AvgIpc) is 1.98. The highest BCUT2D eigenvalue weighted by atomic mass is 31.2. The van der Waals surface area contributed by atoms with Crippen molar-refractivity contribution in [3.8, 4) is 0 Å². The highest BCUT2D eigenvalue weighted by Crippen LogP contribution is 2.42. The predicted octanol–water partition coefficient (Wildman–Crippen LogP) is -0.863. The zero-order valence-electron chi connectivity index (χ0n) is 9.16. The van der Waals surface area contributed by atoms with Crippen LogP contribution in [0.25, 0.3) is 0 Å². The zero-order chi connectivity index (χ0) is 12.1. The van der Waals surface area contributed by atoms with Gasteiger partial charge in [0.15, 0.2) is 6.29 Å². The number of aliphatic hydroxyl groups excluding tert-OH is 1. The SMILES string of the molecule is C[N+](C)(C)CCOP(=O)(O)OCC(O)O. The fourth-order valence-electron chi connectivity index (χ4n) is 0.628. The fourth-order valence-corrected chi connectivity index (χ4v) is 1.34. The van der Waals surface area contributed by atoms with Crippen molar-refractivity contribution in [1.82, 2.24) is 0 Å². The van der Waals surface area contributed by atoms with Crippen LogP contribution < -0.4 is 0 Å². The minimum atomic E-state index is -4.16. The Hall–Kier alpha value is -0.0100. The van der Waals surface area contributed by atoms with Gasteiger partial charge >= 0.3 is 7.82 Å². The standard InChI is InChI=1S/C7H18NO6P/c1-8(2,3)4-5-13-15(11,12)14-6-7(9)10/h7,9-10H,4-6H2,1-3H3/p+1. The molecule has 0 amide bonds. The van der Waals surface area contributed by atoms with E-state index in [1.807, 2.05) is 21.1 Å². The monoisotopic (exact) mass is 244 g/mol. The minimum absolute atomic E-state index is 0.0544. The number of hydrogen-bond donors (Lipinski definition) is 3. The van der Waals surface area contributed by atoms with E-state index in [1.165, 1.54) is 0 Å². The van der Waals surface area contributed by atoms with Crippen LogP contribution in [-0.2, 0) is 13.6 Å². The number of rotatable bonds is 7. The van der Waals surface area contributed by atoms with Gasteiger partial charge in [0.25, 0.3) is 0 Å². The maximum Gasteiger partial charge on any atom is 0.472 e. The van der Waals surface area contributed by atoms with Crippen LogP contribution in [0.2, 0.25) is 0 Å². The molecule has 7 nitrogen and oxygen atoms in total. The molecule has 0 heterocycles. The number of phosphoric acid groups is 1. The van der Waals surface area contributed by atoms with E-state index < -0.39 is 20.7 Å². The summed E-state index contributed by atoms with van der Waals surface area (Å²) in [6, 6.07) is 0. The first-order valence-corrected chi connectivity index (χ1v) is 5.90. The Balaban J connectivity index is 3.79. The Kier molecular flexibility index (Phi) is 5.90. The fraction of sp³-hybridized carbons (Fsp3) is 1.00. The molecular weight excluding hydrogens is 225 g/mol. The Morgan fingerprint density at radius 2 is 1.80 bits per heavy atom. The molecule has 8 heteroatoms. The van der Waals surface area contributed by atoms with E-state index >= 15 is 0 Å². The molecule has 0 aromatic heterocycles. The second-order valence-corrected chi connectivity index (χ2v) is 5.55. The molecule has 0 saturated carbocycles. The molecule has 0 aromatic carbocycles. The van der Waals surface area contributed by atoms with E-state index in [1.54, 1.807) is 0 Å². The molecule has 0 spiro atoms. The Labute approximate surface area is 89.1 Å². The summed E-state index contributed by atoms with van der Waals surface area (Å²) < 4.78 is 20.6. The van der Waals surface area contributed by atoms with Crippen LogP contribution in [0, 0.1) is 0 Å². The molecule has 15 heavy (non-hydrogen) atoms. The van der Waals surface area contributed by atoms with Crippen LogP contribution in [0.1, 0.15) is 0 Å². The van der Waals surface area contributed by atoms with Gasteiger partial charge in [0.05, 0.1) is 21.1 Å². The summed E-state index contributed by atoms with van der Waals surface area (Å²) in [5.41, 5.74) is 0. The van der Waals surface area contributed by atoms with Crippen LogP contribution in [-0.4, -0.2) is 66.8 Å². The summed E-state index contributed by atoms with van der Waals surface area (Å²) in [6.45, 7) is -0.0630. The second-order valence-electron chi connectivity index (χ2n) is 4.09. The minimum Gasteiger partial charge on any atom is -0.366 e. The second kappa shape index (κ2) is 5.91. The number of nitrogens with zero attached hydrogens (tertiary/aromatic N) is 1. The van der Waals surface area contributed by atoms with Crippen molar-refractivity contribution < 1.29 is 33.2 Å². The summed E-state index contributed by atoms with van der Waals surface area (Å²) in [5.74, 6) is 0. The van der Waals surface area contributed by atoms with Gasteiger partial charge in [0, 0.05) is 0 Å². The molecule has 0 aliphatic rings. The summed E-state index contributed by atoms with van der Waals surface area (Å²) in [5, 5.41) is 16.8. The molecule has 0 saturated heterocycles. The molecular formula is C7H19NO6P+. The van der Waals surface area contributed by atoms with E-state index in [4.69, 9.17) is 15.1 Å². The van der Waals surface area contributed by atoms with Crippen molar-refractivity contribution in [3.05, 3.63) is 0 Å². The van der Waals surface area contributed by atoms with Crippen molar-refractivity contribution in [3.63, 3.8) is 0 Å². The van der Waals surface area contributed by atoms with Crippen LogP contribution in [0.5, 0.6) is 0 Å². The van der Waals surface area contributed by atoms with Gasteiger partial charge in [-0.1, -0.05) is 0 Å². The van der Waals surface area contributed by atoms with Crippen molar-refractivity contribution in [2.75, 3.05) is 40.9 Å². The van der Waals surface area contributed by atoms with E-state index in [2.05, 4.69) is 9.05 Å². The molecule has 0 aromatic rings. The number of hydrogen-bond acceptors (Lipinski definition) is 5. The van der Waals surface area contributed by atoms with Crippen LogP contribution in [0.3, 0.4) is 0 Å². The van der Waals surface area contributed by atoms with E-state index in [0.717, 1.165) is 0 Å². The zero-order valence-corrected chi connectivity index (χ0v) is 10.1. The van der Waals surface area contributed by atoms with Gasteiger partial charge in [-0.2, -0.15) is 0 Å². The highest BCUT2D eigenvalue weighted by Gasteiger charge is 2.23. The van der Waals surface area contributed by atoms with Gasteiger partial charge in [0.2, 0.25) is 0 Å². The number of aliphatic hydroxyl groups is 2. The summed E-state index contributed by atoms with van der Waals surface area (Å²) in [7, 11) is 1.56. The number of phosphoric ester groups is 1. The highest BCUT2D eigenvalue weighted by molar-refractivity contribution is 7.47. The third-order valence-corrected chi connectivity index (χ3v) is 2.39. The van der Waals surface area contributed by atoms with Gasteiger partial charge < -0.3 is 19.6 Å². The van der Waals surface area contributed by atoms with Crippen LogP contribution in [0.15, 0.2) is 0 Å². The maximum atomic E-state index is 11.1. The predicted molar refractivity (Wildman–Crippen MR) is 52.9 cm³/mol. The Morgan fingerprint density at radius 1 is 1.27 bits per heavy atom. The normalized spacial score (nSPS) is 16.7. The van der Waals surface area contributed by atoms with Gasteiger partial charge in [0.1, 0.15) is 19.8 Å². The van der Waals surface area contributed by atoms with E-state index in [9.17, 15) is 4.57 Å². The lowest BCUT2D eigenvalue weighted by Gasteiger charge is -2.24. The third kappa shape index (κ3) is 10.3. The molecule has 0 bridgehead atoms. The molecule has 0 aliphatic carbocycles. The Bertz CT molecular complexity index is 226. The number of quaternary nitrogens is 1. The third-order valence-electron chi connectivity index (χ3n) is 1.40. The first-order chi connectivity index (χ1) is 6.62. The van der Waals surface area contributed by atoms with E-state index in [0.29, 0.717) is 11.0 Å². The molecule has 0 radical (unpaired) electrons. The lowest BCUT2D eigenvalue weighted by molar-refractivity contribution is -0.870. The first-order valence-electron chi connectivity index (χ1n) is 4.41. The smallest absolute Gasteiger partial charge is 0.366 e. The lowest BCUT2D eigenvalue weighted by atomic mass is 10.5. The van der Waals surface area contributed by atoms with Crippen molar-refractivity contribution in [2.45, 2.75) is 6.29 Å². The molecule has 1 atom stereocenters. The van der Waals surface area contributed by atoms with Gasteiger partial charge in [-0.05, 0) is 0 Å². The molecule has 92 valence electrons.